The largest absolute Gasteiger partial charge is 0.383 e. The van der Waals surface area contributed by atoms with E-state index in [1.54, 1.807) is 7.11 Å². The van der Waals surface area contributed by atoms with Gasteiger partial charge in [-0.2, -0.15) is 5.10 Å². The highest BCUT2D eigenvalue weighted by Crippen LogP contribution is 2.27. The Morgan fingerprint density at radius 1 is 1.38 bits per heavy atom. The molecular formula is C17H26N4O3. The third-order valence-electron chi connectivity index (χ3n) is 4.85. The smallest absolute Gasteiger partial charge is 0.271 e. The molecule has 1 fully saturated rings. The van der Waals surface area contributed by atoms with Crippen molar-refractivity contribution in [2.75, 3.05) is 20.3 Å². The molecule has 1 aliphatic carbocycles. The molecule has 1 aliphatic heterocycles. The molecule has 2 aliphatic rings. The van der Waals surface area contributed by atoms with Gasteiger partial charge in [-0.05, 0) is 24.8 Å². The Hall–Kier alpha value is -1.89. The van der Waals surface area contributed by atoms with Crippen LogP contribution in [0.3, 0.4) is 0 Å². The van der Waals surface area contributed by atoms with Gasteiger partial charge < -0.3 is 15.4 Å². The molecule has 2 heterocycles. The highest BCUT2D eigenvalue weighted by Gasteiger charge is 2.27. The van der Waals surface area contributed by atoms with E-state index in [0.717, 1.165) is 12.1 Å². The summed E-state index contributed by atoms with van der Waals surface area (Å²) in [5.41, 5.74) is 1.43. The van der Waals surface area contributed by atoms with Crippen LogP contribution in [0.4, 0.5) is 0 Å². The fraction of sp³-hybridized carbons (Fsp3) is 0.706. The van der Waals surface area contributed by atoms with Crippen molar-refractivity contribution in [3.8, 4) is 0 Å². The summed E-state index contributed by atoms with van der Waals surface area (Å²) in [5, 5.41) is 10.2. The number of methoxy groups -OCH3 is 1. The molecule has 1 aromatic rings. The zero-order valence-electron chi connectivity index (χ0n) is 14.2. The summed E-state index contributed by atoms with van der Waals surface area (Å²) >= 11 is 0. The van der Waals surface area contributed by atoms with Gasteiger partial charge in [-0.1, -0.05) is 12.8 Å². The average Bonchev–Trinajstić information content (AvgIpc) is 3.23. The molecule has 1 unspecified atom stereocenters. The second-order valence-electron chi connectivity index (χ2n) is 6.77. The lowest BCUT2D eigenvalue weighted by molar-refractivity contribution is -0.122. The van der Waals surface area contributed by atoms with Crippen LogP contribution in [0.2, 0.25) is 0 Å². The molecule has 0 aromatic carbocycles. The van der Waals surface area contributed by atoms with E-state index in [1.807, 2.05) is 10.7 Å². The van der Waals surface area contributed by atoms with E-state index in [4.69, 9.17) is 4.74 Å². The van der Waals surface area contributed by atoms with Crippen molar-refractivity contribution in [2.24, 2.45) is 5.92 Å². The first-order chi connectivity index (χ1) is 11.7. The van der Waals surface area contributed by atoms with Gasteiger partial charge in [-0.25, -0.2) is 0 Å². The number of hydrogen-bond donors (Lipinski definition) is 2. The molecule has 1 atom stereocenters. The molecule has 2 amide bonds. The van der Waals surface area contributed by atoms with Crippen molar-refractivity contribution in [1.29, 1.82) is 0 Å². The topological polar surface area (TPSA) is 85.2 Å². The maximum Gasteiger partial charge on any atom is 0.271 e. The maximum absolute atomic E-state index is 12.1. The van der Waals surface area contributed by atoms with Gasteiger partial charge in [0.1, 0.15) is 5.69 Å². The molecule has 24 heavy (non-hydrogen) atoms. The molecule has 0 saturated heterocycles. The number of carbonyl (C=O) groups excluding carboxylic acids is 2. The number of ether oxygens (including phenoxy) is 1. The van der Waals surface area contributed by atoms with Crippen LogP contribution in [0.25, 0.3) is 0 Å². The third-order valence-corrected chi connectivity index (χ3v) is 4.85. The minimum Gasteiger partial charge on any atom is -0.383 e. The second-order valence-corrected chi connectivity index (χ2v) is 6.77. The Labute approximate surface area is 142 Å². The van der Waals surface area contributed by atoms with Gasteiger partial charge in [-0.15, -0.1) is 0 Å². The minimum absolute atomic E-state index is 0.0898. The molecule has 3 rings (SSSR count). The summed E-state index contributed by atoms with van der Waals surface area (Å²) < 4.78 is 6.73. The van der Waals surface area contributed by atoms with Crippen molar-refractivity contribution in [2.45, 2.75) is 51.1 Å². The number of nitrogens with one attached hydrogen (secondary N) is 2. The number of amides is 2. The maximum atomic E-state index is 12.1. The van der Waals surface area contributed by atoms with Crippen LogP contribution in [-0.4, -0.2) is 47.9 Å². The van der Waals surface area contributed by atoms with E-state index >= 15 is 0 Å². The normalized spacial score (nSPS) is 20.1. The Morgan fingerprint density at radius 3 is 2.88 bits per heavy atom. The van der Waals surface area contributed by atoms with Crippen LogP contribution in [0.5, 0.6) is 0 Å². The Morgan fingerprint density at radius 2 is 2.17 bits per heavy atom. The highest BCUT2D eigenvalue weighted by atomic mass is 16.5. The third kappa shape index (κ3) is 4.14. The lowest BCUT2D eigenvalue weighted by Gasteiger charge is -2.14. The molecule has 0 radical (unpaired) electrons. The Kier molecular flexibility index (Phi) is 5.50. The zero-order valence-corrected chi connectivity index (χ0v) is 14.2. The van der Waals surface area contributed by atoms with E-state index in [-0.39, 0.29) is 17.9 Å². The SMILES string of the molecule is COCCNC(=O)c1cc2n(n1)CC(NC(=O)CC1CCCC1)C2. The molecule has 1 aromatic heterocycles. The first-order valence-corrected chi connectivity index (χ1v) is 8.79. The summed E-state index contributed by atoms with van der Waals surface area (Å²) in [6, 6.07) is 1.90. The molecule has 0 spiro atoms. The number of fused-ring (bicyclic) bond motifs is 1. The van der Waals surface area contributed by atoms with Crippen molar-refractivity contribution >= 4 is 11.8 Å². The predicted octanol–water partition coefficient (Wildman–Crippen LogP) is 0.880. The molecule has 2 N–H and O–H groups in total. The van der Waals surface area contributed by atoms with Crippen molar-refractivity contribution in [1.82, 2.24) is 20.4 Å². The van der Waals surface area contributed by atoms with Gasteiger partial charge in [-0.3, -0.25) is 14.3 Å². The van der Waals surface area contributed by atoms with Crippen molar-refractivity contribution < 1.29 is 14.3 Å². The number of hydrogen-bond acceptors (Lipinski definition) is 4. The first-order valence-electron chi connectivity index (χ1n) is 8.79. The molecular weight excluding hydrogens is 308 g/mol. The van der Waals surface area contributed by atoms with Crippen LogP contribution in [0.15, 0.2) is 6.07 Å². The van der Waals surface area contributed by atoms with E-state index < -0.39 is 0 Å². The molecule has 0 bridgehead atoms. The molecule has 7 nitrogen and oxygen atoms in total. The fourth-order valence-electron chi connectivity index (χ4n) is 3.63. The Bertz CT molecular complexity index is 569. The van der Waals surface area contributed by atoms with Crippen LogP contribution in [0.1, 0.15) is 48.3 Å². The first kappa shape index (κ1) is 17.0. The van der Waals surface area contributed by atoms with Gasteiger partial charge in [0.2, 0.25) is 5.91 Å². The second kappa shape index (κ2) is 7.79. The van der Waals surface area contributed by atoms with Crippen LogP contribution in [0, 0.1) is 5.92 Å². The highest BCUT2D eigenvalue weighted by molar-refractivity contribution is 5.92. The molecule has 7 heteroatoms. The number of nitrogens with zero attached hydrogens (tertiary/aromatic N) is 2. The van der Waals surface area contributed by atoms with Gasteiger partial charge in [0, 0.05) is 32.2 Å². The van der Waals surface area contributed by atoms with E-state index in [2.05, 4.69) is 15.7 Å². The predicted molar refractivity (Wildman–Crippen MR) is 88.6 cm³/mol. The summed E-state index contributed by atoms with van der Waals surface area (Å²) in [7, 11) is 1.60. The van der Waals surface area contributed by atoms with Crippen molar-refractivity contribution in [3.05, 3.63) is 17.5 Å². The lowest BCUT2D eigenvalue weighted by Crippen LogP contribution is -2.37. The summed E-state index contributed by atoms with van der Waals surface area (Å²) in [6.07, 6.45) is 6.25. The fourth-order valence-corrected chi connectivity index (χ4v) is 3.63. The van der Waals surface area contributed by atoms with Crippen molar-refractivity contribution in [3.63, 3.8) is 0 Å². The minimum atomic E-state index is -0.184. The summed E-state index contributed by atoms with van der Waals surface area (Å²) in [5.74, 6) is 0.525. The number of aromatic nitrogens is 2. The zero-order chi connectivity index (χ0) is 16.9. The lowest BCUT2D eigenvalue weighted by atomic mass is 10.0. The number of carbonyl (C=O) groups is 2. The summed E-state index contributed by atoms with van der Waals surface area (Å²) in [4.78, 5) is 24.1. The van der Waals surface area contributed by atoms with Gasteiger partial charge in [0.25, 0.3) is 5.91 Å². The summed E-state index contributed by atoms with van der Waals surface area (Å²) in [6.45, 7) is 1.59. The van der Waals surface area contributed by atoms with E-state index in [9.17, 15) is 9.59 Å². The monoisotopic (exact) mass is 334 g/mol. The van der Waals surface area contributed by atoms with Crippen LogP contribution in [-0.2, 0) is 22.5 Å². The van der Waals surface area contributed by atoms with Crippen LogP contribution < -0.4 is 10.6 Å². The van der Waals surface area contributed by atoms with Crippen LogP contribution >= 0.6 is 0 Å². The Balaban J connectivity index is 1.46. The van der Waals surface area contributed by atoms with E-state index in [1.165, 1.54) is 25.7 Å². The van der Waals surface area contributed by atoms with Gasteiger partial charge in [0.05, 0.1) is 19.2 Å². The quantitative estimate of drug-likeness (QED) is 0.725. The molecule has 1 saturated carbocycles. The standard InChI is InChI=1S/C17H26N4O3/c1-24-7-6-18-17(23)15-10-14-9-13(11-21(14)20-15)19-16(22)8-12-4-2-3-5-12/h10,12-13H,2-9,11H2,1H3,(H,18,23)(H,19,22). The van der Waals surface area contributed by atoms with Gasteiger partial charge >= 0.3 is 0 Å². The van der Waals surface area contributed by atoms with Gasteiger partial charge in [0.15, 0.2) is 0 Å². The average molecular weight is 334 g/mol. The number of rotatable bonds is 7. The van der Waals surface area contributed by atoms with E-state index in [0.29, 0.717) is 37.7 Å². The molecule has 132 valence electrons.